The van der Waals surface area contributed by atoms with Crippen molar-refractivity contribution in [3.8, 4) is 0 Å². The van der Waals surface area contributed by atoms with Crippen molar-refractivity contribution >= 4 is 51.0 Å². The first-order valence-electron chi connectivity index (χ1n) is 7.99. The molecule has 0 aliphatic carbocycles. The van der Waals surface area contributed by atoms with Gasteiger partial charge in [0.15, 0.2) is 0 Å². The molecular formula is C19H19BrN4OS. The lowest BCUT2D eigenvalue weighted by atomic mass is 10.1. The van der Waals surface area contributed by atoms with E-state index in [0.29, 0.717) is 5.56 Å². The predicted molar refractivity (Wildman–Crippen MR) is 112 cm³/mol. The third kappa shape index (κ3) is 4.28. The van der Waals surface area contributed by atoms with E-state index < -0.39 is 0 Å². The summed E-state index contributed by atoms with van der Waals surface area (Å²) >= 11 is 5.23. The Hall–Kier alpha value is -2.25. The van der Waals surface area contributed by atoms with Crippen LogP contribution in [0.5, 0.6) is 0 Å². The Morgan fingerprint density at radius 1 is 1.23 bits per heavy atom. The number of aryl methyl sites for hydroxylation is 1. The molecular weight excluding hydrogens is 412 g/mol. The molecule has 2 aromatic carbocycles. The van der Waals surface area contributed by atoms with Gasteiger partial charge in [-0.2, -0.15) is 5.10 Å². The summed E-state index contributed by atoms with van der Waals surface area (Å²) in [6.07, 6.45) is 3.56. The number of nitrogens with zero attached hydrogens (tertiary/aromatic N) is 3. The summed E-state index contributed by atoms with van der Waals surface area (Å²) < 4.78 is 3.04. The molecule has 134 valence electrons. The van der Waals surface area contributed by atoms with E-state index in [1.807, 2.05) is 38.5 Å². The van der Waals surface area contributed by atoms with E-state index in [0.717, 1.165) is 20.3 Å². The number of hydrogen-bond acceptors (Lipinski definition) is 3. The highest BCUT2D eigenvalue weighted by molar-refractivity contribution is 9.10. The average Bonchev–Trinajstić information content (AvgIpc) is 2.92. The van der Waals surface area contributed by atoms with E-state index in [2.05, 4.69) is 61.6 Å². The van der Waals surface area contributed by atoms with Crippen molar-refractivity contribution in [2.24, 2.45) is 5.10 Å². The molecule has 1 amide bonds. The highest BCUT2D eigenvalue weighted by Crippen LogP contribution is 2.33. The molecule has 1 N–H and O–H groups in total. The summed E-state index contributed by atoms with van der Waals surface area (Å²) in [7, 11) is 3.68. The first kappa shape index (κ1) is 18.5. The van der Waals surface area contributed by atoms with Crippen LogP contribution in [0.3, 0.4) is 0 Å². The van der Waals surface area contributed by atoms with Crippen molar-refractivity contribution in [2.75, 3.05) is 14.1 Å². The average molecular weight is 431 g/mol. The van der Waals surface area contributed by atoms with Crippen molar-refractivity contribution in [3.05, 3.63) is 64.3 Å². The molecule has 0 bridgehead atoms. The monoisotopic (exact) mass is 430 g/mol. The first-order chi connectivity index (χ1) is 12.4. The topological polar surface area (TPSA) is 49.6 Å². The van der Waals surface area contributed by atoms with Gasteiger partial charge in [-0.1, -0.05) is 17.7 Å². The second kappa shape index (κ2) is 7.97. The largest absolute Gasteiger partial charge is 0.367 e. The number of hydrogen-bond donors (Lipinski definition) is 1. The number of amides is 1. The molecule has 0 fully saturated rings. The van der Waals surface area contributed by atoms with E-state index in [1.54, 1.807) is 23.2 Å². The fourth-order valence-electron chi connectivity index (χ4n) is 2.36. The van der Waals surface area contributed by atoms with Gasteiger partial charge in [-0.05, 0) is 65.1 Å². The summed E-state index contributed by atoms with van der Waals surface area (Å²) in [5, 5.41) is 4.88. The molecule has 26 heavy (non-hydrogen) atoms. The zero-order chi connectivity index (χ0) is 18.7. The number of nitrogens with one attached hydrogen (secondary N) is 1. The van der Waals surface area contributed by atoms with Crippen molar-refractivity contribution in [3.63, 3.8) is 0 Å². The molecule has 7 heteroatoms. The molecule has 0 aliphatic heterocycles. The molecule has 0 radical (unpaired) electrons. The van der Waals surface area contributed by atoms with Crippen LogP contribution in [0, 0.1) is 6.92 Å². The van der Waals surface area contributed by atoms with Gasteiger partial charge < -0.3 is 4.90 Å². The van der Waals surface area contributed by atoms with Gasteiger partial charge in [0.1, 0.15) is 6.34 Å². The number of hydrazone groups is 1. The number of carbonyl (C=O) groups is 1. The van der Waals surface area contributed by atoms with Gasteiger partial charge in [0.2, 0.25) is 0 Å². The second-order valence-corrected chi connectivity index (χ2v) is 7.99. The smallest absolute Gasteiger partial charge is 0.271 e. The lowest BCUT2D eigenvalue weighted by Crippen LogP contribution is -2.20. The first-order valence-corrected chi connectivity index (χ1v) is 9.56. The van der Waals surface area contributed by atoms with Crippen LogP contribution in [-0.4, -0.2) is 35.2 Å². The molecule has 0 aliphatic rings. The molecule has 3 rings (SSSR count). The number of aromatic nitrogens is 1. The van der Waals surface area contributed by atoms with E-state index in [9.17, 15) is 4.79 Å². The zero-order valence-corrected chi connectivity index (χ0v) is 17.1. The maximum Gasteiger partial charge on any atom is 0.271 e. The van der Waals surface area contributed by atoms with Crippen LogP contribution in [-0.2, 0) is 0 Å². The minimum Gasteiger partial charge on any atom is -0.367 e. The Balaban J connectivity index is 1.85. The number of halogens is 1. The summed E-state index contributed by atoms with van der Waals surface area (Å²) in [4.78, 5) is 15.1. The van der Waals surface area contributed by atoms with Gasteiger partial charge in [0.05, 0.1) is 5.52 Å². The quantitative estimate of drug-likeness (QED) is 0.368. The highest BCUT2D eigenvalue weighted by Gasteiger charge is 2.12. The lowest BCUT2D eigenvalue weighted by Gasteiger charge is -2.06. The summed E-state index contributed by atoms with van der Waals surface area (Å²) in [6, 6.07) is 14.0. The number of carbonyl (C=O) groups excluding carboxylic acids is 1. The molecule has 3 aromatic rings. The summed E-state index contributed by atoms with van der Waals surface area (Å²) in [5.74, 6) is -0.240. The second-order valence-electron chi connectivity index (χ2n) is 6.09. The standard InChI is InChI=1S/C19H19BrN4OS/c1-13-4-7-15(8-5-13)26-24-11-17(20)16-10-14(6-9-18(16)24)19(25)22-21-12-23(2)3/h4-12H,1-3H3,(H,22,25)/b21-12+. The van der Waals surface area contributed by atoms with Crippen molar-refractivity contribution in [1.29, 1.82) is 0 Å². The predicted octanol–water partition coefficient (Wildman–Crippen LogP) is 4.50. The van der Waals surface area contributed by atoms with Crippen LogP contribution >= 0.6 is 27.9 Å². The molecule has 0 saturated heterocycles. The van der Waals surface area contributed by atoms with Gasteiger partial charge in [0.25, 0.3) is 5.91 Å². The highest BCUT2D eigenvalue weighted by atomic mass is 79.9. The van der Waals surface area contributed by atoms with E-state index in [4.69, 9.17) is 0 Å². The minimum atomic E-state index is -0.240. The maximum atomic E-state index is 12.2. The summed E-state index contributed by atoms with van der Waals surface area (Å²) in [5.41, 5.74) is 5.36. The fourth-order valence-corrected chi connectivity index (χ4v) is 3.92. The van der Waals surface area contributed by atoms with E-state index >= 15 is 0 Å². The van der Waals surface area contributed by atoms with Crippen molar-refractivity contribution in [1.82, 2.24) is 14.3 Å². The van der Waals surface area contributed by atoms with Crippen LogP contribution in [0.15, 0.2) is 63.1 Å². The van der Waals surface area contributed by atoms with Gasteiger partial charge in [0, 0.05) is 40.6 Å². The van der Waals surface area contributed by atoms with Crippen LogP contribution in [0.1, 0.15) is 15.9 Å². The number of rotatable bonds is 5. The molecule has 0 spiro atoms. The van der Waals surface area contributed by atoms with Gasteiger partial charge in [-0.3, -0.25) is 8.77 Å². The third-order valence-electron chi connectivity index (χ3n) is 3.66. The number of benzene rings is 2. The molecule has 0 atom stereocenters. The van der Waals surface area contributed by atoms with Crippen LogP contribution in [0.2, 0.25) is 0 Å². The zero-order valence-electron chi connectivity index (χ0n) is 14.7. The Morgan fingerprint density at radius 2 is 1.96 bits per heavy atom. The van der Waals surface area contributed by atoms with Crippen LogP contribution in [0.25, 0.3) is 10.9 Å². The Morgan fingerprint density at radius 3 is 2.65 bits per heavy atom. The van der Waals surface area contributed by atoms with E-state index in [1.165, 1.54) is 5.56 Å². The molecule has 0 unspecified atom stereocenters. The fraction of sp³-hybridized carbons (Fsp3) is 0.158. The third-order valence-corrected chi connectivity index (χ3v) is 5.28. The number of fused-ring (bicyclic) bond motifs is 1. The van der Waals surface area contributed by atoms with Gasteiger partial charge in [-0.15, -0.1) is 0 Å². The normalized spacial score (nSPS) is 11.2. The lowest BCUT2D eigenvalue weighted by molar-refractivity contribution is 0.0955. The molecule has 5 nitrogen and oxygen atoms in total. The SMILES string of the molecule is Cc1ccc(Sn2cc(Br)c3cc(C(=O)N/N=C/N(C)C)ccc32)cc1. The molecule has 0 saturated carbocycles. The van der Waals surface area contributed by atoms with E-state index in [-0.39, 0.29) is 5.91 Å². The van der Waals surface area contributed by atoms with Crippen molar-refractivity contribution in [2.45, 2.75) is 11.8 Å². The summed E-state index contributed by atoms with van der Waals surface area (Å²) in [6.45, 7) is 2.07. The Bertz CT molecular complexity index is 964. The molecule has 1 aromatic heterocycles. The Labute approximate surface area is 165 Å². The maximum absolute atomic E-state index is 12.2. The molecule has 1 heterocycles. The van der Waals surface area contributed by atoms with Gasteiger partial charge in [-0.25, -0.2) is 5.43 Å². The van der Waals surface area contributed by atoms with Crippen LogP contribution in [0.4, 0.5) is 0 Å². The van der Waals surface area contributed by atoms with Crippen molar-refractivity contribution < 1.29 is 4.79 Å². The minimum absolute atomic E-state index is 0.240. The van der Waals surface area contributed by atoms with Gasteiger partial charge >= 0.3 is 0 Å². The van der Waals surface area contributed by atoms with Crippen LogP contribution < -0.4 is 5.43 Å². The Kier molecular flexibility index (Phi) is 5.68.